The molecule has 1 aromatic carbocycles. The van der Waals surface area contributed by atoms with Gasteiger partial charge in [-0.15, -0.1) is 0 Å². The van der Waals surface area contributed by atoms with E-state index in [1.54, 1.807) is 18.4 Å². The SMILES string of the molecule is Cn1cc([C@@H]2CCCN2Cc2coc(-c3cccc(F)c3)n2)cn1. The molecule has 4 rings (SSSR count). The number of oxazole rings is 1. The molecule has 124 valence electrons. The van der Waals surface area contributed by atoms with Crippen LogP contribution in [0.15, 0.2) is 47.3 Å². The van der Waals surface area contributed by atoms with Crippen LogP contribution >= 0.6 is 0 Å². The Morgan fingerprint density at radius 2 is 2.29 bits per heavy atom. The zero-order valence-electron chi connectivity index (χ0n) is 13.5. The third-order valence-corrected chi connectivity index (χ3v) is 4.46. The number of aryl methyl sites for hydroxylation is 1. The molecule has 0 bridgehead atoms. The van der Waals surface area contributed by atoms with Crippen LogP contribution in [0.5, 0.6) is 0 Å². The monoisotopic (exact) mass is 326 g/mol. The molecule has 0 N–H and O–H groups in total. The molecular formula is C18H19FN4O. The van der Waals surface area contributed by atoms with E-state index in [1.165, 1.54) is 17.7 Å². The molecule has 0 aliphatic carbocycles. The van der Waals surface area contributed by atoms with Gasteiger partial charge in [0, 0.05) is 37.0 Å². The summed E-state index contributed by atoms with van der Waals surface area (Å²) in [7, 11) is 1.94. The summed E-state index contributed by atoms with van der Waals surface area (Å²) in [6.45, 7) is 1.75. The van der Waals surface area contributed by atoms with Gasteiger partial charge in [-0.3, -0.25) is 9.58 Å². The van der Waals surface area contributed by atoms with Gasteiger partial charge in [-0.1, -0.05) is 6.07 Å². The fourth-order valence-corrected chi connectivity index (χ4v) is 3.35. The second-order valence-corrected chi connectivity index (χ2v) is 6.23. The van der Waals surface area contributed by atoms with Crippen molar-refractivity contribution in [3.05, 3.63) is 60.0 Å². The van der Waals surface area contributed by atoms with Crippen LogP contribution in [0.4, 0.5) is 4.39 Å². The van der Waals surface area contributed by atoms with E-state index < -0.39 is 0 Å². The number of rotatable bonds is 4. The van der Waals surface area contributed by atoms with E-state index in [-0.39, 0.29) is 5.82 Å². The second kappa shape index (κ2) is 6.20. The standard InChI is InChI=1S/C18H19FN4O/c1-22-10-14(9-20-22)17-6-3-7-23(17)11-16-12-24-18(21-16)13-4-2-5-15(19)8-13/h2,4-5,8-10,12,17H,3,6-7,11H2,1H3/t17-/m0/s1. The van der Waals surface area contributed by atoms with Crippen molar-refractivity contribution in [3.8, 4) is 11.5 Å². The first kappa shape index (κ1) is 15.1. The summed E-state index contributed by atoms with van der Waals surface area (Å²) >= 11 is 0. The molecule has 5 nitrogen and oxygen atoms in total. The lowest BCUT2D eigenvalue weighted by molar-refractivity contribution is 0.245. The average Bonchev–Trinajstić information content (AvgIpc) is 3.28. The van der Waals surface area contributed by atoms with E-state index in [1.807, 2.05) is 17.9 Å². The number of hydrogen-bond donors (Lipinski definition) is 0. The second-order valence-electron chi connectivity index (χ2n) is 6.23. The highest BCUT2D eigenvalue weighted by atomic mass is 19.1. The number of nitrogens with zero attached hydrogens (tertiary/aromatic N) is 4. The van der Waals surface area contributed by atoms with Gasteiger partial charge in [0.1, 0.15) is 12.1 Å². The number of halogens is 1. The Hall–Kier alpha value is -2.47. The fraction of sp³-hybridized carbons (Fsp3) is 0.333. The van der Waals surface area contributed by atoms with Crippen LogP contribution in [0.2, 0.25) is 0 Å². The van der Waals surface area contributed by atoms with Gasteiger partial charge in [-0.25, -0.2) is 9.37 Å². The lowest BCUT2D eigenvalue weighted by Crippen LogP contribution is -2.22. The van der Waals surface area contributed by atoms with Crippen LogP contribution in [0.3, 0.4) is 0 Å². The van der Waals surface area contributed by atoms with Crippen LogP contribution in [0, 0.1) is 5.82 Å². The highest BCUT2D eigenvalue weighted by Crippen LogP contribution is 2.33. The smallest absolute Gasteiger partial charge is 0.226 e. The predicted molar refractivity (Wildman–Crippen MR) is 87.5 cm³/mol. The van der Waals surface area contributed by atoms with Crippen LogP contribution < -0.4 is 0 Å². The summed E-state index contributed by atoms with van der Waals surface area (Å²) in [4.78, 5) is 6.92. The molecule has 1 saturated heterocycles. The molecule has 2 aromatic heterocycles. The van der Waals surface area contributed by atoms with Gasteiger partial charge in [0.2, 0.25) is 5.89 Å². The maximum absolute atomic E-state index is 13.3. The molecule has 6 heteroatoms. The van der Waals surface area contributed by atoms with Crippen LogP contribution in [-0.4, -0.2) is 26.2 Å². The third kappa shape index (κ3) is 2.97. The van der Waals surface area contributed by atoms with E-state index in [9.17, 15) is 4.39 Å². The van der Waals surface area contributed by atoms with Gasteiger partial charge in [0.25, 0.3) is 0 Å². The minimum absolute atomic E-state index is 0.288. The molecule has 3 aromatic rings. The molecule has 0 radical (unpaired) electrons. The molecule has 0 unspecified atom stereocenters. The molecular weight excluding hydrogens is 307 g/mol. The predicted octanol–water partition coefficient (Wildman–Crippen LogP) is 3.55. The molecule has 0 saturated carbocycles. The largest absolute Gasteiger partial charge is 0.444 e. The van der Waals surface area contributed by atoms with Crippen LogP contribution in [0.1, 0.15) is 30.1 Å². The molecule has 0 spiro atoms. The Labute approximate surface area is 139 Å². The van der Waals surface area contributed by atoms with Crippen molar-refractivity contribution in [1.82, 2.24) is 19.7 Å². The first-order valence-electron chi connectivity index (χ1n) is 8.12. The third-order valence-electron chi connectivity index (χ3n) is 4.46. The number of hydrogen-bond acceptors (Lipinski definition) is 4. The van der Waals surface area contributed by atoms with Gasteiger partial charge >= 0.3 is 0 Å². The minimum atomic E-state index is -0.288. The summed E-state index contributed by atoms with van der Waals surface area (Å²) in [5.41, 5.74) is 2.76. The number of likely N-dealkylation sites (tertiary alicyclic amines) is 1. The van der Waals surface area contributed by atoms with Crippen molar-refractivity contribution >= 4 is 0 Å². The topological polar surface area (TPSA) is 47.1 Å². The van der Waals surface area contributed by atoms with E-state index in [4.69, 9.17) is 4.42 Å². The molecule has 0 amide bonds. The van der Waals surface area contributed by atoms with E-state index in [0.717, 1.165) is 31.6 Å². The Morgan fingerprint density at radius 3 is 3.08 bits per heavy atom. The van der Waals surface area contributed by atoms with E-state index in [2.05, 4.69) is 21.2 Å². The molecule has 3 heterocycles. The van der Waals surface area contributed by atoms with Gasteiger partial charge in [0.05, 0.1) is 11.9 Å². The quantitative estimate of drug-likeness (QED) is 0.735. The average molecular weight is 326 g/mol. The highest BCUT2D eigenvalue weighted by molar-refractivity contribution is 5.52. The highest BCUT2D eigenvalue weighted by Gasteiger charge is 2.27. The van der Waals surface area contributed by atoms with Crippen molar-refractivity contribution < 1.29 is 8.81 Å². The van der Waals surface area contributed by atoms with Crippen LogP contribution in [-0.2, 0) is 13.6 Å². The van der Waals surface area contributed by atoms with E-state index in [0.29, 0.717) is 17.5 Å². The zero-order valence-corrected chi connectivity index (χ0v) is 13.5. The minimum Gasteiger partial charge on any atom is -0.444 e. The summed E-state index contributed by atoms with van der Waals surface area (Å²) < 4.78 is 20.7. The molecule has 24 heavy (non-hydrogen) atoms. The van der Waals surface area contributed by atoms with Crippen molar-refractivity contribution in [2.45, 2.75) is 25.4 Å². The number of aromatic nitrogens is 3. The lowest BCUT2D eigenvalue weighted by atomic mass is 10.1. The molecule has 1 aliphatic heterocycles. The maximum atomic E-state index is 13.3. The number of benzene rings is 1. The van der Waals surface area contributed by atoms with Gasteiger partial charge < -0.3 is 4.42 Å². The van der Waals surface area contributed by atoms with Crippen molar-refractivity contribution in [3.63, 3.8) is 0 Å². The van der Waals surface area contributed by atoms with Gasteiger partial charge in [-0.05, 0) is 37.6 Å². The summed E-state index contributed by atoms with van der Waals surface area (Å²) in [6, 6.07) is 6.67. The van der Waals surface area contributed by atoms with Gasteiger partial charge in [-0.2, -0.15) is 5.10 Å². The maximum Gasteiger partial charge on any atom is 0.226 e. The summed E-state index contributed by atoms with van der Waals surface area (Å²) in [6.07, 6.45) is 7.96. The van der Waals surface area contributed by atoms with Crippen molar-refractivity contribution in [2.24, 2.45) is 7.05 Å². The molecule has 1 fully saturated rings. The van der Waals surface area contributed by atoms with Crippen LogP contribution in [0.25, 0.3) is 11.5 Å². The lowest BCUT2D eigenvalue weighted by Gasteiger charge is -2.22. The van der Waals surface area contributed by atoms with Crippen molar-refractivity contribution in [2.75, 3.05) is 6.54 Å². The fourth-order valence-electron chi connectivity index (χ4n) is 3.35. The van der Waals surface area contributed by atoms with E-state index >= 15 is 0 Å². The Morgan fingerprint density at radius 1 is 1.38 bits per heavy atom. The first-order valence-corrected chi connectivity index (χ1v) is 8.12. The Balaban J connectivity index is 1.51. The normalized spacial score (nSPS) is 18.3. The van der Waals surface area contributed by atoms with Gasteiger partial charge in [0.15, 0.2) is 0 Å². The van der Waals surface area contributed by atoms with Crippen molar-refractivity contribution in [1.29, 1.82) is 0 Å². The Kier molecular flexibility index (Phi) is 3.90. The Bertz CT molecular complexity index is 841. The molecule has 1 aliphatic rings. The zero-order chi connectivity index (χ0) is 16.5. The first-order chi connectivity index (χ1) is 11.7. The molecule has 1 atom stereocenters. The summed E-state index contributed by atoms with van der Waals surface area (Å²) in [5, 5.41) is 4.28. The summed E-state index contributed by atoms with van der Waals surface area (Å²) in [5.74, 6) is 0.171.